The fourth-order valence-corrected chi connectivity index (χ4v) is 3.44. The van der Waals surface area contributed by atoms with Crippen molar-refractivity contribution < 1.29 is 8.42 Å². The SMILES string of the molecule is Cc1cc(S(N)(=O)=O)cc(NCC2CCCCC2)c1C. The Morgan fingerprint density at radius 1 is 1.20 bits per heavy atom. The Balaban J connectivity index is 2.15. The van der Waals surface area contributed by atoms with Gasteiger partial charge in [0.2, 0.25) is 10.0 Å². The number of primary sulfonamides is 1. The average molecular weight is 296 g/mol. The Morgan fingerprint density at radius 2 is 1.85 bits per heavy atom. The molecule has 0 unspecified atom stereocenters. The molecule has 4 nitrogen and oxygen atoms in total. The zero-order valence-electron chi connectivity index (χ0n) is 12.3. The summed E-state index contributed by atoms with van der Waals surface area (Å²) in [6.07, 6.45) is 6.48. The van der Waals surface area contributed by atoms with Gasteiger partial charge in [-0.15, -0.1) is 0 Å². The summed E-state index contributed by atoms with van der Waals surface area (Å²) in [5.74, 6) is 0.696. The maximum absolute atomic E-state index is 11.5. The van der Waals surface area contributed by atoms with E-state index in [-0.39, 0.29) is 4.90 Å². The van der Waals surface area contributed by atoms with Gasteiger partial charge < -0.3 is 5.32 Å². The normalized spacial score (nSPS) is 17.1. The van der Waals surface area contributed by atoms with Gasteiger partial charge in [0.25, 0.3) is 0 Å². The summed E-state index contributed by atoms with van der Waals surface area (Å²) in [4.78, 5) is 0.187. The first kappa shape index (κ1) is 15.3. The molecule has 5 heteroatoms. The molecular formula is C15H24N2O2S. The summed E-state index contributed by atoms with van der Waals surface area (Å²) in [7, 11) is -3.65. The van der Waals surface area contributed by atoms with E-state index in [9.17, 15) is 8.42 Å². The standard InChI is InChI=1S/C15H24N2O2S/c1-11-8-14(20(16,18)19)9-15(12(11)2)17-10-13-6-4-3-5-7-13/h8-9,13,17H,3-7,10H2,1-2H3,(H2,16,18,19). The Hall–Kier alpha value is -1.07. The highest BCUT2D eigenvalue weighted by atomic mass is 32.2. The van der Waals surface area contributed by atoms with Crippen molar-refractivity contribution in [2.45, 2.75) is 50.8 Å². The van der Waals surface area contributed by atoms with Gasteiger partial charge >= 0.3 is 0 Å². The number of benzene rings is 1. The minimum Gasteiger partial charge on any atom is -0.385 e. The first-order valence-corrected chi connectivity index (χ1v) is 8.80. The predicted molar refractivity (Wildman–Crippen MR) is 82.4 cm³/mol. The van der Waals surface area contributed by atoms with Crippen molar-refractivity contribution in [3.05, 3.63) is 23.3 Å². The highest BCUT2D eigenvalue weighted by molar-refractivity contribution is 7.89. The predicted octanol–water partition coefficient (Wildman–Crippen LogP) is 2.94. The second-order valence-corrected chi connectivity index (χ2v) is 7.40. The maximum Gasteiger partial charge on any atom is 0.238 e. The van der Waals surface area contributed by atoms with Gasteiger partial charge in [-0.2, -0.15) is 0 Å². The fraction of sp³-hybridized carbons (Fsp3) is 0.600. The van der Waals surface area contributed by atoms with E-state index in [2.05, 4.69) is 5.32 Å². The molecule has 3 N–H and O–H groups in total. The monoisotopic (exact) mass is 296 g/mol. The van der Waals surface area contributed by atoms with Crippen LogP contribution in [0.3, 0.4) is 0 Å². The van der Waals surface area contributed by atoms with E-state index in [0.717, 1.165) is 23.4 Å². The highest BCUT2D eigenvalue weighted by Crippen LogP contribution is 2.27. The van der Waals surface area contributed by atoms with Crippen molar-refractivity contribution >= 4 is 15.7 Å². The molecule has 0 saturated heterocycles. The molecule has 112 valence electrons. The minimum atomic E-state index is -3.65. The largest absolute Gasteiger partial charge is 0.385 e. The van der Waals surface area contributed by atoms with E-state index in [1.54, 1.807) is 12.1 Å². The van der Waals surface area contributed by atoms with Crippen molar-refractivity contribution in [2.75, 3.05) is 11.9 Å². The molecule has 0 amide bonds. The van der Waals surface area contributed by atoms with E-state index in [4.69, 9.17) is 5.14 Å². The number of nitrogens with two attached hydrogens (primary N) is 1. The molecule has 0 radical (unpaired) electrons. The van der Waals surface area contributed by atoms with Crippen LogP contribution < -0.4 is 10.5 Å². The number of aryl methyl sites for hydroxylation is 1. The summed E-state index contributed by atoms with van der Waals surface area (Å²) in [6, 6.07) is 3.29. The van der Waals surface area contributed by atoms with Crippen LogP contribution in [0.2, 0.25) is 0 Å². The van der Waals surface area contributed by atoms with Crippen LogP contribution in [-0.4, -0.2) is 15.0 Å². The maximum atomic E-state index is 11.5. The van der Waals surface area contributed by atoms with Gasteiger partial charge in [-0.3, -0.25) is 0 Å². The third-order valence-electron chi connectivity index (χ3n) is 4.28. The van der Waals surface area contributed by atoms with Crippen LogP contribution in [-0.2, 0) is 10.0 Å². The second-order valence-electron chi connectivity index (χ2n) is 5.84. The number of hydrogen-bond acceptors (Lipinski definition) is 3. The van der Waals surface area contributed by atoms with Crippen LogP contribution in [0, 0.1) is 19.8 Å². The average Bonchev–Trinajstić information content (AvgIpc) is 2.40. The number of hydrogen-bond donors (Lipinski definition) is 2. The quantitative estimate of drug-likeness (QED) is 0.897. The molecule has 1 aliphatic carbocycles. The molecule has 20 heavy (non-hydrogen) atoms. The van der Waals surface area contributed by atoms with Gasteiger partial charge in [0.05, 0.1) is 4.90 Å². The zero-order chi connectivity index (χ0) is 14.8. The lowest BCUT2D eigenvalue weighted by Crippen LogP contribution is -2.18. The van der Waals surface area contributed by atoms with Crippen LogP contribution in [0.5, 0.6) is 0 Å². The van der Waals surface area contributed by atoms with E-state index < -0.39 is 10.0 Å². The molecule has 0 heterocycles. The number of anilines is 1. The molecular weight excluding hydrogens is 272 g/mol. The van der Waals surface area contributed by atoms with Crippen LogP contribution in [0.4, 0.5) is 5.69 Å². The molecule has 1 aromatic carbocycles. The number of nitrogens with one attached hydrogen (secondary N) is 1. The number of rotatable bonds is 4. The van der Waals surface area contributed by atoms with Crippen LogP contribution in [0.1, 0.15) is 43.2 Å². The lowest BCUT2D eigenvalue weighted by Gasteiger charge is -2.23. The summed E-state index contributed by atoms with van der Waals surface area (Å²) >= 11 is 0. The second kappa shape index (κ2) is 6.14. The highest BCUT2D eigenvalue weighted by Gasteiger charge is 2.15. The molecule has 0 spiro atoms. The third-order valence-corrected chi connectivity index (χ3v) is 5.17. The lowest BCUT2D eigenvalue weighted by molar-refractivity contribution is 0.373. The van der Waals surface area contributed by atoms with Crippen LogP contribution >= 0.6 is 0 Å². The Labute approximate surface area is 121 Å². The van der Waals surface area contributed by atoms with Crippen molar-refractivity contribution in [3.8, 4) is 0 Å². The minimum absolute atomic E-state index is 0.187. The van der Waals surface area contributed by atoms with Crippen molar-refractivity contribution in [3.63, 3.8) is 0 Å². The Kier molecular flexibility index (Phi) is 4.70. The van der Waals surface area contributed by atoms with E-state index in [1.165, 1.54) is 32.1 Å². The molecule has 0 aromatic heterocycles. The van der Waals surface area contributed by atoms with E-state index in [1.807, 2.05) is 13.8 Å². The van der Waals surface area contributed by atoms with Crippen LogP contribution in [0.25, 0.3) is 0 Å². The molecule has 1 aliphatic rings. The van der Waals surface area contributed by atoms with Gasteiger partial charge in [-0.05, 0) is 55.9 Å². The fourth-order valence-electron chi connectivity index (χ4n) is 2.82. The zero-order valence-corrected chi connectivity index (χ0v) is 13.1. The third kappa shape index (κ3) is 3.73. The first-order chi connectivity index (χ1) is 9.38. The smallest absolute Gasteiger partial charge is 0.238 e. The summed E-state index contributed by atoms with van der Waals surface area (Å²) < 4.78 is 23.0. The van der Waals surface area contributed by atoms with Crippen molar-refractivity contribution in [1.29, 1.82) is 0 Å². The molecule has 1 fully saturated rings. The molecule has 0 aliphatic heterocycles. The van der Waals surface area contributed by atoms with E-state index >= 15 is 0 Å². The Bertz CT molecular complexity index is 576. The molecule has 1 saturated carbocycles. The van der Waals surface area contributed by atoms with Gasteiger partial charge in [0.1, 0.15) is 0 Å². The topological polar surface area (TPSA) is 72.2 Å². The van der Waals surface area contributed by atoms with E-state index in [0.29, 0.717) is 5.92 Å². The van der Waals surface area contributed by atoms with Gasteiger partial charge in [0, 0.05) is 12.2 Å². The van der Waals surface area contributed by atoms with Gasteiger partial charge in [-0.1, -0.05) is 19.3 Å². The number of sulfonamides is 1. The molecule has 0 atom stereocenters. The summed E-state index contributed by atoms with van der Waals surface area (Å²) in [5, 5.41) is 8.64. The molecule has 2 rings (SSSR count). The Morgan fingerprint density at radius 3 is 2.45 bits per heavy atom. The molecule has 0 bridgehead atoms. The summed E-state index contributed by atoms with van der Waals surface area (Å²) in [6.45, 7) is 4.83. The van der Waals surface area contributed by atoms with Gasteiger partial charge in [0.15, 0.2) is 0 Å². The lowest BCUT2D eigenvalue weighted by atomic mass is 9.89. The first-order valence-electron chi connectivity index (χ1n) is 7.26. The molecule has 1 aromatic rings. The van der Waals surface area contributed by atoms with Crippen molar-refractivity contribution in [2.24, 2.45) is 11.1 Å². The van der Waals surface area contributed by atoms with Gasteiger partial charge in [-0.25, -0.2) is 13.6 Å². The van der Waals surface area contributed by atoms with Crippen LogP contribution in [0.15, 0.2) is 17.0 Å². The summed E-state index contributed by atoms with van der Waals surface area (Å²) in [5.41, 5.74) is 2.93. The van der Waals surface area contributed by atoms with Crippen molar-refractivity contribution in [1.82, 2.24) is 0 Å².